The molecule has 0 bridgehead atoms. The maximum absolute atomic E-state index is 13.1. The largest absolute Gasteiger partial charge is 0.388 e. The lowest BCUT2D eigenvalue weighted by Crippen LogP contribution is -2.25. The van der Waals surface area contributed by atoms with Crippen LogP contribution in [0.3, 0.4) is 0 Å². The van der Waals surface area contributed by atoms with Crippen molar-refractivity contribution in [2.24, 2.45) is 11.8 Å². The lowest BCUT2D eigenvalue weighted by molar-refractivity contribution is 0.0229. The average molecular weight is 252 g/mol. The Kier molecular flexibility index (Phi) is 3.74. The third-order valence-electron chi connectivity index (χ3n) is 4.23. The van der Waals surface area contributed by atoms with Crippen LogP contribution in [0.2, 0.25) is 0 Å². The van der Waals surface area contributed by atoms with Gasteiger partial charge in [-0.2, -0.15) is 0 Å². The Morgan fingerprint density at radius 2 is 1.89 bits per heavy atom. The molecule has 0 aliphatic carbocycles. The summed E-state index contributed by atoms with van der Waals surface area (Å²) in [5.41, 5.74) is 1.60. The molecule has 2 rings (SSSR count). The van der Waals surface area contributed by atoms with Crippen LogP contribution in [0.15, 0.2) is 18.2 Å². The first-order valence-corrected chi connectivity index (χ1v) is 6.51. The van der Waals surface area contributed by atoms with Gasteiger partial charge in [-0.15, -0.1) is 0 Å². The van der Waals surface area contributed by atoms with E-state index < -0.39 is 6.10 Å². The van der Waals surface area contributed by atoms with Gasteiger partial charge in [-0.25, -0.2) is 4.39 Å². The van der Waals surface area contributed by atoms with Crippen LogP contribution in [-0.4, -0.2) is 17.3 Å². The Morgan fingerprint density at radius 1 is 1.22 bits per heavy atom. The Morgan fingerprint density at radius 3 is 2.39 bits per heavy atom. The minimum absolute atomic E-state index is 0.0226. The lowest BCUT2D eigenvalue weighted by Gasteiger charge is -2.26. The van der Waals surface area contributed by atoms with E-state index in [-0.39, 0.29) is 23.9 Å². The van der Waals surface area contributed by atoms with Crippen LogP contribution in [0.5, 0.6) is 0 Å². The molecule has 1 N–H and O–H groups in total. The van der Waals surface area contributed by atoms with Crippen LogP contribution in [0.4, 0.5) is 4.39 Å². The first-order chi connectivity index (χ1) is 8.41. The molecule has 0 saturated carbocycles. The Bertz CT molecular complexity index is 433. The van der Waals surface area contributed by atoms with Crippen molar-refractivity contribution in [2.75, 3.05) is 0 Å². The fraction of sp³-hybridized carbons (Fsp3) is 0.600. The van der Waals surface area contributed by atoms with Crippen molar-refractivity contribution < 1.29 is 14.2 Å². The molecule has 100 valence electrons. The van der Waals surface area contributed by atoms with Crippen molar-refractivity contribution in [3.63, 3.8) is 0 Å². The van der Waals surface area contributed by atoms with E-state index in [2.05, 4.69) is 6.92 Å². The number of aliphatic hydroxyl groups excluding tert-OH is 1. The van der Waals surface area contributed by atoms with E-state index in [1.54, 1.807) is 6.07 Å². The molecule has 3 heteroatoms. The van der Waals surface area contributed by atoms with Crippen molar-refractivity contribution in [2.45, 2.75) is 46.0 Å². The molecule has 5 unspecified atom stereocenters. The molecular weight excluding hydrogens is 231 g/mol. The predicted octanol–water partition coefficient (Wildman–Crippen LogP) is 3.23. The zero-order valence-corrected chi connectivity index (χ0v) is 11.4. The third-order valence-corrected chi connectivity index (χ3v) is 4.23. The second-order valence-corrected chi connectivity index (χ2v) is 5.43. The molecule has 0 spiro atoms. The molecule has 0 amide bonds. The molecule has 18 heavy (non-hydrogen) atoms. The molecule has 0 aromatic heterocycles. The van der Waals surface area contributed by atoms with E-state index in [1.807, 2.05) is 20.8 Å². The molecule has 1 aromatic carbocycles. The van der Waals surface area contributed by atoms with Crippen LogP contribution >= 0.6 is 0 Å². The van der Waals surface area contributed by atoms with Crippen LogP contribution in [-0.2, 0) is 4.74 Å². The number of rotatable bonds is 2. The number of halogens is 1. The van der Waals surface area contributed by atoms with Gasteiger partial charge in [-0.3, -0.25) is 0 Å². The van der Waals surface area contributed by atoms with Crippen molar-refractivity contribution in [1.29, 1.82) is 0 Å². The summed E-state index contributed by atoms with van der Waals surface area (Å²) in [5, 5.41) is 10.5. The van der Waals surface area contributed by atoms with Gasteiger partial charge in [-0.1, -0.05) is 13.0 Å². The van der Waals surface area contributed by atoms with E-state index in [4.69, 9.17) is 4.74 Å². The van der Waals surface area contributed by atoms with Gasteiger partial charge in [0.05, 0.1) is 18.3 Å². The summed E-state index contributed by atoms with van der Waals surface area (Å²) >= 11 is 0. The fourth-order valence-electron chi connectivity index (χ4n) is 3.02. The van der Waals surface area contributed by atoms with Crippen LogP contribution in [0, 0.1) is 24.6 Å². The van der Waals surface area contributed by atoms with Gasteiger partial charge in [0.1, 0.15) is 5.82 Å². The van der Waals surface area contributed by atoms with Crippen LogP contribution in [0.1, 0.15) is 38.0 Å². The van der Waals surface area contributed by atoms with Crippen molar-refractivity contribution in [1.82, 2.24) is 0 Å². The topological polar surface area (TPSA) is 29.5 Å². The second kappa shape index (κ2) is 4.98. The molecule has 1 heterocycles. The maximum Gasteiger partial charge on any atom is 0.123 e. The van der Waals surface area contributed by atoms with Gasteiger partial charge in [0.25, 0.3) is 0 Å². The van der Waals surface area contributed by atoms with E-state index in [0.717, 1.165) is 11.1 Å². The first kappa shape index (κ1) is 13.5. The lowest BCUT2D eigenvalue weighted by atomic mass is 9.81. The van der Waals surface area contributed by atoms with E-state index in [1.165, 1.54) is 12.1 Å². The minimum atomic E-state index is -0.597. The van der Waals surface area contributed by atoms with Crippen LogP contribution < -0.4 is 0 Å². The number of benzene rings is 1. The highest BCUT2D eigenvalue weighted by molar-refractivity contribution is 5.29. The van der Waals surface area contributed by atoms with Gasteiger partial charge in [0.15, 0.2) is 0 Å². The predicted molar refractivity (Wildman–Crippen MR) is 68.8 cm³/mol. The molecule has 2 nitrogen and oxygen atoms in total. The normalized spacial score (nSPS) is 33.7. The number of aliphatic hydroxyl groups is 1. The van der Waals surface area contributed by atoms with Gasteiger partial charge >= 0.3 is 0 Å². The Balaban J connectivity index is 2.28. The van der Waals surface area contributed by atoms with Crippen molar-refractivity contribution in [3.8, 4) is 0 Å². The molecule has 0 radical (unpaired) electrons. The fourth-order valence-corrected chi connectivity index (χ4v) is 3.02. The minimum Gasteiger partial charge on any atom is -0.388 e. The van der Waals surface area contributed by atoms with Crippen molar-refractivity contribution in [3.05, 3.63) is 35.1 Å². The summed E-state index contributed by atoms with van der Waals surface area (Å²) in [6, 6.07) is 4.55. The molecule has 1 saturated heterocycles. The molecule has 1 aromatic rings. The number of ether oxygens (including phenoxy) is 1. The zero-order chi connectivity index (χ0) is 13.4. The molecule has 1 fully saturated rings. The second-order valence-electron chi connectivity index (χ2n) is 5.43. The highest BCUT2D eigenvalue weighted by Crippen LogP contribution is 2.41. The summed E-state index contributed by atoms with van der Waals surface area (Å²) in [5.74, 6) is 0.0872. The van der Waals surface area contributed by atoms with Gasteiger partial charge in [0, 0.05) is 5.92 Å². The molecule has 1 aliphatic heterocycles. The number of hydrogen-bond donors (Lipinski definition) is 1. The van der Waals surface area contributed by atoms with Gasteiger partial charge in [-0.05, 0) is 49.9 Å². The van der Waals surface area contributed by atoms with E-state index in [0.29, 0.717) is 5.92 Å². The molecule has 1 aliphatic rings. The van der Waals surface area contributed by atoms with Crippen LogP contribution in [0.25, 0.3) is 0 Å². The summed E-state index contributed by atoms with van der Waals surface area (Å²) < 4.78 is 18.9. The number of aryl methyl sites for hydroxylation is 1. The highest BCUT2D eigenvalue weighted by Gasteiger charge is 2.41. The van der Waals surface area contributed by atoms with E-state index in [9.17, 15) is 9.50 Å². The standard InChI is InChI=1S/C15H21FO2/c1-8-7-12(16)5-6-13(8)15(17)14-9(2)10(3)18-11(14)4/h5-7,9-11,14-15,17H,1-4H3. The highest BCUT2D eigenvalue weighted by atomic mass is 19.1. The van der Waals surface area contributed by atoms with Gasteiger partial charge < -0.3 is 9.84 Å². The monoisotopic (exact) mass is 252 g/mol. The average Bonchev–Trinajstić information content (AvgIpc) is 2.52. The number of hydrogen-bond acceptors (Lipinski definition) is 2. The van der Waals surface area contributed by atoms with E-state index >= 15 is 0 Å². The molecule has 5 atom stereocenters. The SMILES string of the molecule is Cc1cc(F)ccc1C(O)C1C(C)OC(C)C1C. The Labute approximate surface area is 108 Å². The third kappa shape index (κ3) is 2.29. The first-order valence-electron chi connectivity index (χ1n) is 6.51. The zero-order valence-electron chi connectivity index (χ0n) is 11.4. The maximum atomic E-state index is 13.1. The molecular formula is C15H21FO2. The smallest absolute Gasteiger partial charge is 0.123 e. The van der Waals surface area contributed by atoms with Gasteiger partial charge in [0.2, 0.25) is 0 Å². The van der Waals surface area contributed by atoms with Crippen molar-refractivity contribution >= 4 is 0 Å². The Hall–Kier alpha value is -0.930. The summed E-state index contributed by atoms with van der Waals surface area (Å²) in [7, 11) is 0. The summed E-state index contributed by atoms with van der Waals surface area (Å²) in [6.45, 7) is 7.95. The summed E-state index contributed by atoms with van der Waals surface area (Å²) in [4.78, 5) is 0. The quantitative estimate of drug-likeness (QED) is 0.875. The summed E-state index contributed by atoms with van der Waals surface area (Å²) in [6.07, 6.45) is -0.421.